The number of nitrogens with zero attached hydrogens (tertiary/aromatic N) is 3. The van der Waals surface area contributed by atoms with Gasteiger partial charge in [-0.15, -0.1) is 11.3 Å². The highest BCUT2D eigenvalue weighted by Gasteiger charge is 2.31. The van der Waals surface area contributed by atoms with Gasteiger partial charge in [0.1, 0.15) is 12.9 Å². The van der Waals surface area contributed by atoms with Gasteiger partial charge in [-0.3, -0.25) is 4.79 Å². The van der Waals surface area contributed by atoms with Crippen LogP contribution in [0.15, 0.2) is 17.2 Å². The summed E-state index contributed by atoms with van der Waals surface area (Å²) in [6, 6.07) is 0.00956. The fraction of sp³-hybridized carbons (Fsp3) is 0.556. The smallest absolute Gasteiger partial charge is 0.240 e. The summed E-state index contributed by atoms with van der Waals surface area (Å²) < 4.78 is 17.1. The van der Waals surface area contributed by atoms with Crippen LogP contribution in [-0.2, 0) is 16.1 Å². The van der Waals surface area contributed by atoms with E-state index in [1.807, 2.05) is 12.3 Å². The van der Waals surface area contributed by atoms with E-state index in [-0.39, 0.29) is 35.6 Å². The molecule has 0 spiro atoms. The Morgan fingerprint density at radius 3 is 2.75 bits per heavy atom. The molecule has 1 aliphatic carbocycles. The summed E-state index contributed by atoms with van der Waals surface area (Å²) in [6.45, 7) is 4.73. The Labute approximate surface area is 172 Å². The first-order chi connectivity index (χ1) is 13.5. The number of rotatable bonds is 10. The zero-order valence-corrected chi connectivity index (χ0v) is 17.3. The minimum absolute atomic E-state index is 0.00956. The lowest BCUT2D eigenvalue weighted by Gasteiger charge is -2.35. The largest absolute Gasteiger partial charge is 0.476 e. The Balaban J connectivity index is 1.38. The van der Waals surface area contributed by atoms with E-state index in [2.05, 4.69) is 20.3 Å². The van der Waals surface area contributed by atoms with Crippen molar-refractivity contribution in [2.45, 2.75) is 45.4 Å². The van der Waals surface area contributed by atoms with Crippen molar-refractivity contribution in [2.24, 2.45) is 5.92 Å². The molecule has 1 atom stereocenters. The van der Waals surface area contributed by atoms with Crippen molar-refractivity contribution in [3.05, 3.63) is 27.9 Å². The van der Waals surface area contributed by atoms with Gasteiger partial charge in [-0.05, 0) is 25.7 Å². The van der Waals surface area contributed by atoms with Crippen molar-refractivity contribution in [1.29, 1.82) is 0 Å². The average Bonchev–Trinajstić information content (AvgIpc) is 3.13. The first kappa shape index (κ1) is 20.8. The molecule has 28 heavy (non-hydrogen) atoms. The third-order valence-electron chi connectivity index (χ3n) is 4.25. The number of carbonyl (C=O) groups is 1. The number of halogens is 1. The number of ether oxygens (including phenoxy) is 3. The molecule has 3 rings (SSSR count). The van der Waals surface area contributed by atoms with Crippen LogP contribution in [0.5, 0.6) is 11.8 Å². The van der Waals surface area contributed by atoms with Crippen LogP contribution in [0.1, 0.15) is 32.4 Å². The van der Waals surface area contributed by atoms with Crippen LogP contribution in [0.3, 0.4) is 0 Å². The zero-order chi connectivity index (χ0) is 19.9. The maximum absolute atomic E-state index is 11.0. The van der Waals surface area contributed by atoms with Crippen LogP contribution in [-0.4, -0.2) is 46.2 Å². The molecule has 0 saturated heterocycles. The quantitative estimate of drug-likeness (QED) is 0.624. The lowest BCUT2D eigenvalue weighted by Crippen LogP contribution is -2.40. The molecule has 0 unspecified atom stereocenters. The summed E-state index contributed by atoms with van der Waals surface area (Å²) in [6.07, 6.45) is 3.38. The first-order valence-corrected chi connectivity index (χ1v) is 10.3. The van der Waals surface area contributed by atoms with Gasteiger partial charge in [0, 0.05) is 18.3 Å². The van der Waals surface area contributed by atoms with E-state index >= 15 is 0 Å². The second-order valence-corrected chi connectivity index (χ2v) is 7.87. The molecule has 1 fully saturated rings. The van der Waals surface area contributed by atoms with Gasteiger partial charge < -0.3 is 19.5 Å². The van der Waals surface area contributed by atoms with Gasteiger partial charge in [0.25, 0.3) is 0 Å². The third-order valence-corrected chi connectivity index (χ3v) is 5.20. The molecular weight excluding hydrogens is 404 g/mol. The second-order valence-electron chi connectivity index (χ2n) is 6.77. The predicted octanol–water partition coefficient (Wildman–Crippen LogP) is 2.86. The molecule has 1 aliphatic rings. The highest BCUT2D eigenvalue weighted by Crippen LogP contribution is 2.34. The van der Waals surface area contributed by atoms with Gasteiger partial charge in [0.2, 0.25) is 17.7 Å². The van der Waals surface area contributed by atoms with E-state index in [1.165, 1.54) is 24.6 Å². The molecule has 2 aromatic heterocycles. The van der Waals surface area contributed by atoms with Gasteiger partial charge in [-0.2, -0.15) is 0 Å². The molecule has 2 aromatic rings. The number of nitrogens with one attached hydrogen (secondary N) is 1. The van der Waals surface area contributed by atoms with Crippen LogP contribution in [0.25, 0.3) is 0 Å². The maximum Gasteiger partial charge on any atom is 0.240 e. The fourth-order valence-corrected chi connectivity index (χ4v) is 3.55. The lowest BCUT2D eigenvalue weighted by molar-refractivity contribution is -0.120. The molecule has 1 amide bonds. The molecular formula is C18H23ClN4O4S. The molecule has 0 aliphatic heterocycles. The van der Waals surface area contributed by atoms with Gasteiger partial charge in [-0.25, -0.2) is 15.0 Å². The Morgan fingerprint density at radius 2 is 2.07 bits per heavy atom. The number of amides is 1. The van der Waals surface area contributed by atoms with E-state index in [0.29, 0.717) is 25.0 Å². The molecule has 2 heterocycles. The van der Waals surface area contributed by atoms with Gasteiger partial charge >= 0.3 is 0 Å². The fourth-order valence-electron chi connectivity index (χ4n) is 2.80. The average molecular weight is 427 g/mol. The van der Waals surface area contributed by atoms with E-state index in [1.54, 1.807) is 5.51 Å². The predicted molar refractivity (Wildman–Crippen MR) is 105 cm³/mol. The number of hydrogen-bond acceptors (Lipinski definition) is 8. The van der Waals surface area contributed by atoms with Crippen LogP contribution in [0, 0.1) is 5.92 Å². The molecule has 0 radical (unpaired) electrons. The summed E-state index contributed by atoms with van der Waals surface area (Å²) in [5.41, 5.74) is 2.56. The lowest BCUT2D eigenvalue weighted by atomic mass is 9.83. The van der Waals surface area contributed by atoms with Crippen molar-refractivity contribution in [2.75, 3.05) is 13.2 Å². The van der Waals surface area contributed by atoms with Crippen molar-refractivity contribution < 1.29 is 19.0 Å². The van der Waals surface area contributed by atoms with Crippen molar-refractivity contribution in [3.8, 4) is 11.8 Å². The van der Waals surface area contributed by atoms with Gasteiger partial charge in [-0.1, -0.05) is 11.6 Å². The van der Waals surface area contributed by atoms with E-state index in [0.717, 1.165) is 18.5 Å². The van der Waals surface area contributed by atoms with Crippen LogP contribution in [0.4, 0.5) is 0 Å². The second kappa shape index (κ2) is 9.99. The molecule has 1 saturated carbocycles. The minimum atomic E-state index is -0.0485. The Morgan fingerprint density at radius 1 is 1.32 bits per heavy atom. The molecule has 8 nitrogen and oxygen atoms in total. The highest BCUT2D eigenvalue weighted by atomic mass is 35.5. The maximum atomic E-state index is 11.0. The third kappa shape index (κ3) is 6.02. The number of thiazole rings is 1. The zero-order valence-electron chi connectivity index (χ0n) is 15.8. The molecule has 0 bridgehead atoms. The highest BCUT2D eigenvalue weighted by molar-refractivity contribution is 7.07. The Hall–Kier alpha value is -1.97. The summed E-state index contributed by atoms with van der Waals surface area (Å²) in [7, 11) is 0. The van der Waals surface area contributed by atoms with E-state index in [4.69, 9.17) is 25.8 Å². The number of aromatic nitrogens is 3. The first-order valence-electron chi connectivity index (χ1n) is 9.03. The summed E-state index contributed by atoms with van der Waals surface area (Å²) in [5.74, 6) is 0.925. The van der Waals surface area contributed by atoms with Crippen LogP contribution >= 0.6 is 22.9 Å². The Kier molecular flexibility index (Phi) is 7.41. The minimum Gasteiger partial charge on any atom is -0.476 e. The van der Waals surface area contributed by atoms with Crippen molar-refractivity contribution in [1.82, 2.24) is 20.3 Å². The normalized spacial score (nSPS) is 19.5. The number of hydrogen-bond donors (Lipinski definition) is 1. The summed E-state index contributed by atoms with van der Waals surface area (Å²) in [4.78, 5) is 23.3. The van der Waals surface area contributed by atoms with Crippen molar-refractivity contribution in [3.63, 3.8) is 0 Å². The number of carbonyl (C=O) groups excluding carboxylic acids is 1. The Bertz CT molecular complexity index is 771. The SMILES string of the molecule is CC(=O)N[C@@H](C)COC1CC(COc2ncnc(OCc3cscn3)c2Cl)C1. The molecule has 0 aromatic carbocycles. The van der Waals surface area contributed by atoms with Gasteiger partial charge in [0.15, 0.2) is 5.02 Å². The molecule has 10 heteroatoms. The topological polar surface area (TPSA) is 95.5 Å². The van der Waals surface area contributed by atoms with Crippen molar-refractivity contribution >= 4 is 28.8 Å². The van der Waals surface area contributed by atoms with Gasteiger partial charge in [0.05, 0.1) is 30.5 Å². The summed E-state index contributed by atoms with van der Waals surface area (Å²) >= 11 is 7.80. The standard InChI is InChI=1S/C18H23ClN4O4S/c1-11(23-12(2)24)5-25-15-3-13(4-15)6-26-17-16(19)18(21-9-20-17)27-7-14-8-28-10-22-14/h8-11,13,15H,3-7H2,1-2H3,(H,23,24)/t11-,13?,15?/m0/s1. The molecule has 152 valence electrons. The molecule has 1 N–H and O–H groups in total. The monoisotopic (exact) mass is 426 g/mol. The van der Waals surface area contributed by atoms with E-state index in [9.17, 15) is 4.79 Å². The van der Waals surface area contributed by atoms with Crippen LogP contribution < -0.4 is 14.8 Å². The summed E-state index contributed by atoms with van der Waals surface area (Å²) in [5, 5.41) is 4.96. The van der Waals surface area contributed by atoms with E-state index < -0.39 is 0 Å². The van der Waals surface area contributed by atoms with Crippen LogP contribution in [0.2, 0.25) is 5.02 Å².